The van der Waals surface area contributed by atoms with Crippen molar-refractivity contribution in [3.8, 4) is 0 Å². The summed E-state index contributed by atoms with van der Waals surface area (Å²) in [5, 5.41) is 3.44. The van der Waals surface area contributed by atoms with Crippen molar-refractivity contribution in [2.45, 2.75) is 31.3 Å². The monoisotopic (exact) mass is 355 g/mol. The molecule has 0 saturated heterocycles. The van der Waals surface area contributed by atoms with Gasteiger partial charge in [-0.2, -0.15) is 4.98 Å². The van der Waals surface area contributed by atoms with E-state index in [0.717, 1.165) is 16.7 Å². The maximum Gasteiger partial charge on any atom is 0.279 e. The minimum Gasteiger partial charge on any atom is -0.312 e. The van der Waals surface area contributed by atoms with Crippen LogP contribution in [-0.2, 0) is 11.8 Å². The van der Waals surface area contributed by atoms with E-state index in [2.05, 4.69) is 22.9 Å². The standard InChI is InChI=1S/C19H21N3O2S/c1-5-8-25-19-21-18(24)16-14(10-15(23)20-17(16)22(19)4)13-7-6-11(2)9-12(13)3/h5-7,9,14H,1,8,10H2,2-4H3,(H,20,23)/t14-/m0/s1. The van der Waals surface area contributed by atoms with Crippen LogP contribution >= 0.6 is 11.8 Å². The predicted octanol–water partition coefficient (Wildman–Crippen LogP) is 3.15. The van der Waals surface area contributed by atoms with Crippen molar-refractivity contribution in [2.75, 3.05) is 11.1 Å². The molecule has 6 heteroatoms. The number of thioether (sulfide) groups is 1. The summed E-state index contributed by atoms with van der Waals surface area (Å²) in [5.41, 5.74) is 3.54. The number of fused-ring (bicyclic) bond motifs is 1. The summed E-state index contributed by atoms with van der Waals surface area (Å²) < 4.78 is 1.79. The fraction of sp³-hybridized carbons (Fsp3) is 0.316. The molecule has 1 aromatic heterocycles. The van der Waals surface area contributed by atoms with E-state index < -0.39 is 0 Å². The van der Waals surface area contributed by atoms with Gasteiger partial charge in [0.1, 0.15) is 5.82 Å². The average molecular weight is 355 g/mol. The molecule has 1 amide bonds. The molecule has 0 fully saturated rings. The zero-order valence-electron chi connectivity index (χ0n) is 14.6. The van der Waals surface area contributed by atoms with E-state index in [1.54, 1.807) is 10.6 Å². The Morgan fingerprint density at radius 1 is 1.40 bits per heavy atom. The third kappa shape index (κ3) is 3.26. The summed E-state index contributed by atoms with van der Waals surface area (Å²) in [6.07, 6.45) is 2.01. The van der Waals surface area contributed by atoms with E-state index in [-0.39, 0.29) is 23.8 Å². The fourth-order valence-corrected chi connectivity index (χ4v) is 3.98. The van der Waals surface area contributed by atoms with Crippen LogP contribution in [-0.4, -0.2) is 21.2 Å². The molecule has 5 nitrogen and oxygen atoms in total. The average Bonchev–Trinajstić information content (AvgIpc) is 2.56. The molecule has 1 aliphatic rings. The number of hydrogen-bond donors (Lipinski definition) is 1. The lowest BCUT2D eigenvalue weighted by Crippen LogP contribution is -2.33. The van der Waals surface area contributed by atoms with E-state index in [1.165, 1.54) is 11.8 Å². The van der Waals surface area contributed by atoms with E-state index >= 15 is 0 Å². The maximum atomic E-state index is 12.8. The van der Waals surface area contributed by atoms with Gasteiger partial charge in [0, 0.05) is 25.1 Å². The summed E-state index contributed by atoms with van der Waals surface area (Å²) in [4.78, 5) is 29.3. The number of amides is 1. The second kappa shape index (κ2) is 6.88. The van der Waals surface area contributed by atoms with Crippen molar-refractivity contribution < 1.29 is 4.79 Å². The Hall–Kier alpha value is -2.34. The molecule has 0 saturated carbocycles. The van der Waals surface area contributed by atoms with Crippen molar-refractivity contribution in [2.24, 2.45) is 7.05 Å². The third-order valence-electron chi connectivity index (χ3n) is 4.43. The fourth-order valence-electron chi connectivity index (χ4n) is 3.28. The Balaban J connectivity index is 2.18. The SMILES string of the molecule is C=CCSc1nc(=O)c2c(n1C)NC(=O)C[C@H]2c1ccc(C)cc1C. The van der Waals surface area contributed by atoms with Crippen LogP contribution in [0.25, 0.3) is 0 Å². The van der Waals surface area contributed by atoms with E-state index in [9.17, 15) is 9.59 Å². The molecule has 2 heterocycles. The first-order valence-corrected chi connectivity index (χ1v) is 9.12. The van der Waals surface area contributed by atoms with Gasteiger partial charge in [-0.1, -0.05) is 41.6 Å². The highest BCUT2D eigenvalue weighted by molar-refractivity contribution is 7.99. The lowest BCUT2D eigenvalue weighted by Gasteiger charge is -2.28. The molecule has 0 spiro atoms. The first kappa shape index (κ1) is 17.5. The van der Waals surface area contributed by atoms with Crippen molar-refractivity contribution >= 4 is 23.5 Å². The van der Waals surface area contributed by atoms with Gasteiger partial charge in [-0.3, -0.25) is 9.59 Å². The number of anilines is 1. The van der Waals surface area contributed by atoms with Gasteiger partial charge in [0.15, 0.2) is 5.16 Å². The van der Waals surface area contributed by atoms with Crippen LogP contribution in [0, 0.1) is 13.8 Å². The largest absolute Gasteiger partial charge is 0.312 e. The van der Waals surface area contributed by atoms with Crippen molar-refractivity contribution in [3.63, 3.8) is 0 Å². The topological polar surface area (TPSA) is 64.0 Å². The second-order valence-electron chi connectivity index (χ2n) is 6.29. The van der Waals surface area contributed by atoms with Gasteiger partial charge in [-0.25, -0.2) is 0 Å². The van der Waals surface area contributed by atoms with Gasteiger partial charge in [0.2, 0.25) is 5.91 Å². The minimum atomic E-state index is -0.273. The number of nitrogens with zero attached hydrogens (tertiary/aromatic N) is 2. The van der Waals surface area contributed by atoms with Crippen LogP contribution in [0.5, 0.6) is 0 Å². The quantitative estimate of drug-likeness (QED) is 0.520. The molecule has 25 heavy (non-hydrogen) atoms. The van der Waals surface area contributed by atoms with E-state index in [0.29, 0.717) is 22.3 Å². The first-order valence-electron chi connectivity index (χ1n) is 8.14. The van der Waals surface area contributed by atoms with Gasteiger partial charge >= 0.3 is 0 Å². The molecule has 1 atom stereocenters. The Labute approximate surface area is 151 Å². The van der Waals surface area contributed by atoms with Crippen LogP contribution in [0.2, 0.25) is 0 Å². The van der Waals surface area contributed by atoms with Crippen molar-refractivity contribution in [3.05, 3.63) is 63.5 Å². The number of aryl methyl sites for hydroxylation is 2. The molecule has 1 aromatic carbocycles. The van der Waals surface area contributed by atoms with Gasteiger partial charge in [0.25, 0.3) is 5.56 Å². The van der Waals surface area contributed by atoms with E-state index in [4.69, 9.17) is 0 Å². The normalized spacial score (nSPS) is 16.3. The summed E-state index contributed by atoms with van der Waals surface area (Å²) in [6, 6.07) is 6.10. The Bertz CT molecular complexity index is 918. The van der Waals surface area contributed by atoms with Gasteiger partial charge < -0.3 is 9.88 Å². The summed E-state index contributed by atoms with van der Waals surface area (Å²) in [7, 11) is 1.82. The van der Waals surface area contributed by atoms with Crippen LogP contribution in [0.3, 0.4) is 0 Å². The number of carbonyl (C=O) groups is 1. The minimum absolute atomic E-state index is 0.0849. The lowest BCUT2D eigenvalue weighted by atomic mass is 9.84. The van der Waals surface area contributed by atoms with Gasteiger partial charge in [0.05, 0.1) is 5.56 Å². The Morgan fingerprint density at radius 2 is 2.16 bits per heavy atom. The molecule has 3 rings (SSSR count). The lowest BCUT2D eigenvalue weighted by molar-refractivity contribution is -0.116. The molecular formula is C19H21N3O2S. The maximum absolute atomic E-state index is 12.8. The zero-order chi connectivity index (χ0) is 18.1. The predicted molar refractivity (Wildman–Crippen MR) is 101 cm³/mol. The smallest absolute Gasteiger partial charge is 0.279 e. The van der Waals surface area contributed by atoms with Crippen LogP contribution in [0.4, 0.5) is 5.82 Å². The van der Waals surface area contributed by atoms with Crippen LogP contribution in [0.1, 0.15) is 34.6 Å². The molecule has 0 aliphatic carbocycles. The Kier molecular flexibility index (Phi) is 4.81. The summed E-state index contributed by atoms with van der Waals surface area (Å²) in [6.45, 7) is 7.73. The highest BCUT2D eigenvalue weighted by Gasteiger charge is 2.32. The number of rotatable bonds is 4. The highest BCUT2D eigenvalue weighted by atomic mass is 32.2. The van der Waals surface area contributed by atoms with Crippen molar-refractivity contribution in [1.29, 1.82) is 0 Å². The molecule has 2 aromatic rings. The van der Waals surface area contributed by atoms with Crippen molar-refractivity contribution in [1.82, 2.24) is 9.55 Å². The molecule has 130 valence electrons. The molecular weight excluding hydrogens is 334 g/mol. The number of benzene rings is 1. The van der Waals surface area contributed by atoms with Crippen LogP contribution in [0.15, 0.2) is 40.8 Å². The third-order valence-corrected chi connectivity index (χ3v) is 5.46. The molecule has 0 radical (unpaired) electrons. The van der Waals surface area contributed by atoms with Gasteiger partial charge in [-0.15, -0.1) is 6.58 Å². The van der Waals surface area contributed by atoms with E-state index in [1.807, 2.05) is 33.0 Å². The summed E-state index contributed by atoms with van der Waals surface area (Å²) >= 11 is 1.42. The van der Waals surface area contributed by atoms with Gasteiger partial charge in [-0.05, 0) is 25.0 Å². The molecule has 0 unspecified atom stereocenters. The Morgan fingerprint density at radius 3 is 2.84 bits per heavy atom. The number of carbonyl (C=O) groups excluding carboxylic acids is 1. The van der Waals surface area contributed by atoms with Crippen LogP contribution < -0.4 is 10.9 Å². The summed E-state index contributed by atoms with van der Waals surface area (Å²) in [5.74, 6) is 0.841. The number of aromatic nitrogens is 2. The zero-order valence-corrected chi connectivity index (χ0v) is 15.4. The number of nitrogens with one attached hydrogen (secondary N) is 1. The molecule has 0 bridgehead atoms. The molecule has 1 N–H and O–H groups in total. The number of hydrogen-bond acceptors (Lipinski definition) is 4. The second-order valence-corrected chi connectivity index (χ2v) is 7.27. The highest BCUT2D eigenvalue weighted by Crippen LogP contribution is 2.37. The first-order chi connectivity index (χ1) is 11.9. The molecule has 1 aliphatic heterocycles.